The number of hydrogen-bond donors (Lipinski definition) is 0. The maximum Gasteiger partial charge on any atom is 0.0976 e. The normalized spacial score (nSPS) is 18.9. The van der Waals surface area contributed by atoms with E-state index < -0.39 is 0 Å². The summed E-state index contributed by atoms with van der Waals surface area (Å²) >= 11 is 0. The van der Waals surface area contributed by atoms with Gasteiger partial charge < -0.3 is 4.90 Å². The SMILES string of the molecule is CCC(C#N)N1CCN(CCc2ccccc2)CC1. The fourth-order valence-corrected chi connectivity index (χ4v) is 2.66. The summed E-state index contributed by atoms with van der Waals surface area (Å²) in [5.41, 5.74) is 1.41. The minimum absolute atomic E-state index is 0.108. The Morgan fingerprint density at radius 3 is 2.42 bits per heavy atom. The molecule has 1 aromatic carbocycles. The van der Waals surface area contributed by atoms with Gasteiger partial charge in [-0.15, -0.1) is 0 Å². The second-order valence-corrected chi connectivity index (χ2v) is 5.17. The maximum absolute atomic E-state index is 9.09. The standard InChI is InChI=1S/C16H23N3/c1-2-16(14-17)19-12-10-18(11-13-19)9-8-15-6-4-3-5-7-15/h3-7,16H,2,8-13H2,1H3. The van der Waals surface area contributed by atoms with Gasteiger partial charge in [0.05, 0.1) is 12.1 Å². The van der Waals surface area contributed by atoms with Gasteiger partial charge in [-0.1, -0.05) is 37.3 Å². The number of piperazine rings is 1. The molecule has 0 saturated carbocycles. The summed E-state index contributed by atoms with van der Waals surface area (Å²) in [5.74, 6) is 0. The van der Waals surface area contributed by atoms with Crippen LogP contribution in [0.15, 0.2) is 30.3 Å². The van der Waals surface area contributed by atoms with Crippen molar-refractivity contribution in [1.82, 2.24) is 9.80 Å². The Kier molecular flexibility index (Phi) is 5.38. The molecule has 2 rings (SSSR count). The molecule has 0 radical (unpaired) electrons. The minimum atomic E-state index is 0.108. The third-order valence-electron chi connectivity index (χ3n) is 3.94. The molecular weight excluding hydrogens is 234 g/mol. The molecule has 102 valence electrons. The van der Waals surface area contributed by atoms with Crippen molar-refractivity contribution < 1.29 is 0 Å². The summed E-state index contributed by atoms with van der Waals surface area (Å²) in [4.78, 5) is 4.83. The highest BCUT2D eigenvalue weighted by molar-refractivity contribution is 5.14. The van der Waals surface area contributed by atoms with Gasteiger partial charge in [0.2, 0.25) is 0 Å². The van der Waals surface area contributed by atoms with E-state index in [2.05, 4.69) is 53.1 Å². The van der Waals surface area contributed by atoms with E-state index in [1.54, 1.807) is 0 Å². The molecule has 3 heteroatoms. The zero-order chi connectivity index (χ0) is 13.5. The second-order valence-electron chi connectivity index (χ2n) is 5.17. The van der Waals surface area contributed by atoms with E-state index >= 15 is 0 Å². The number of hydrogen-bond acceptors (Lipinski definition) is 3. The third kappa shape index (κ3) is 4.05. The fourth-order valence-electron chi connectivity index (χ4n) is 2.66. The van der Waals surface area contributed by atoms with Crippen molar-refractivity contribution in [2.24, 2.45) is 0 Å². The van der Waals surface area contributed by atoms with Crippen LogP contribution in [0.5, 0.6) is 0 Å². The third-order valence-corrected chi connectivity index (χ3v) is 3.94. The first-order valence-electron chi connectivity index (χ1n) is 7.23. The Bertz CT molecular complexity index is 402. The Hall–Kier alpha value is -1.37. The molecule has 1 unspecified atom stereocenters. The van der Waals surface area contributed by atoms with Crippen LogP contribution in [0.2, 0.25) is 0 Å². The van der Waals surface area contributed by atoms with Crippen LogP contribution in [0.4, 0.5) is 0 Å². The number of benzene rings is 1. The molecular formula is C16H23N3. The van der Waals surface area contributed by atoms with Crippen LogP contribution in [0.1, 0.15) is 18.9 Å². The minimum Gasteiger partial charge on any atom is -0.300 e. The maximum atomic E-state index is 9.09. The lowest BCUT2D eigenvalue weighted by molar-refractivity contribution is 0.113. The first-order valence-corrected chi connectivity index (χ1v) is 7.23. The topological polar surface area (TPSA) is 30.3 Å². The molecule has 1 aromatic rings. The molecule has 1 aliphatic rings. The van der Waals surface area contributed by atoms with Crippen molar-refractivity contribution in [3.8, 4) is 6.07 Å². The van der Waals surface area contributed by atoms with Crippen molar-refractivity contribution in [1.29, 1.82) is 5.26 Å². The molecule has 1 aliphatic heterocycles. The molecule has 0 bridgehead atoms. The van der Waals surface area contributed by atoms with E-state index in [1.165, 1.54) is 5.56 Å². The summed E-state index contributed by atoms with van der Waals surface area (Å²) in [6.07, 6.45) is 2.05. The molecule has 1 atom stereocenters. The van der Waals surface area contributed by atoms with E-state index in [1.807, 2.05) is 0 Å². The Balaban J connectivity index is 1.73. The van der Waals surface area contributed by atoms with E-state index in [9.17, 15) is 0 Å². The van der Waals surface area contributed by atoms with Gasteiger partial charge >= 0.3 is 0 Å². The molecule has 1 saturated heterocycles. The van der Waals surface area contributed by atoms with Crippen LogP contribution in [-0.4, -0.2) is 48.6 Å². The Morgan fingerprint density at radius 1 is 1.16 bits per heavy atom. The number of nitrogens with zero attached hydrogens (tertiary/aromatic N) is 3. The summed E-state index contributed by atoms with van der Waals surface area (Å²) in [5, 5.41) is 9.09. The average Bonchev–Trinajstić information content (AvgIpc) is 2.49. The summed E-state index contributed by atoms with van der Waals surface area (Å²) in [6, 6.07) is 13.2. The largest absolute Gasteiger partial charge is 0.300 e. The van der Waals surface area contributed by atoms with Gasteiger partial charge in [0.1, 0.15) is 0 Å². The van der Waals surface area contributed by atoms with E-state index in [0.717, 1.165) is 45.6 Å². The van der Waals surface area contributed by atoms with Crippen LogP contribution in [-0.2, 0) is 6.42 Å². The molecule has 1 heterocycles. The van der Waals surface area contributed by atoms with Crippen molar-refractivity contribution in [2.75, 3.05) is 32.7 Å². The lowest BCUT2D eigenvalue weighted by Gasteiger charge is -2.36. The lowest BCUT2D eigenvalue weighted by atomic mass is 10.1. The van der Waals surface area contributed by atoms with Gasteiger partial charge in [-0.25, -0.2) is 0 Å². The van der Waals surface area contributed by atoms with Crippen molar-refractivity contribution >= 4 is 0 Å². The number of nitriles is 1. The molecule has 19 heavy (non-hydrogen) atoms. The van der Waals surface area contributed by atoms with Gasteiger partial charge in [-0.3, -0.25) is 4.90 Å². The predicted molar refractivity (Wildman–Crippen MR) is 77.9 cm³/mol. The molecule has 3 nitrogen and oxygen atoms in total. The highest BCUT2D eigenvalue weighted by atomic mass is 15.3. The zero-order valence-corrected chi connectivity index (χ0v) is 11.8. The first-order chi connectivity index (χ1) is 9.33. The molecule has 0 aliphatic carbocycles. The van der Waals surface area contributed by atoms with Crippen LogP contribution in [0.25, 0.3) is 0 Å². The van der Waals surface area contributed by atoms with Crippen molar-refractivity contribution in [3.63, 3.8) is 0 Å². The molecule has 0 N–H and O–H groups in total. The van der Waals surface area contributed by atoms with E-state index in [0.29, 0.717) is 0 Å². The molecule has 0 amide bonds. The molecule has 1 fully saturated rings. The van der Waals surface area contributed by atoms with Crippen LogP contribution >= 0.6 is 0 Å². The Labute approximate surface area is 116 Å². The van der Waals surface area contributed by atoms with Crippen molar-refractivity contribution in [3.05, 3.63) is 35.9 Å². The summed E-state index contributed by atoms with van der Waals surface area (Å²) in [6.45, 7) is 7.45. The molecule has 0 aromatic heterocycles. The van der Waals surface area contributed by atoms with Crippen LogP contribution < -0.4 is 0 Å². The van der Waals surface area contributed by atoms with Gasteiger partial charge in [0.25, 0.3) is 0 Å². The number of rotatable bonds is 5. The fraction of sp³-hybridized carbons (Fsp3) is 0.562. The van der Waals surface area contributed by atoms with Crippen LogP contribution in [0, 0.1) is 11.3 Å². The van der Waals surface area contributed by atoms with Gasteiger partial charge in [0, 0.05) is 32.7 Å². The highest BCUT2D eigenvalue weighted by Gasteiger charge is 2.21. The predicted octanol–water partition coefficient (Wildman–Crippen LogP) is 2.15. The smallest absolute Gasteiger partial charge is 0.0976 e. The van der Waals surface area contributed by atoms with E-state index in [4.69, 9.17) is 5.26 Å². The second kappa shape index (κ2) is 7.28. The average molecular weight is 257 g/mol. The first kappa shape index (κ1) is 14.0. The van der Waals surface area contributed by atoms with E-state index in [-0.39, 0.29) is 6.04 Å². The monoisotopic (exact) mass is 257 g/mol. The van der Waals surface area contributed by atoms with Crippen LogP contribution in [0.3, 0.4) is 0 Å². The molecule has 0 spiro atoms. The Morgan fingerprint density at radius 2 is 1.84 bits per heavy atom. The summed E-state index contributed by atoms with van der Waals surface area (Å²) < 4.78 is 0. The van der Waals surface area contributed by atoms with Crippen molar-refractivity contribution in [2.45, 2.75) is 25.8 Å². The summed E-state index contributed by atoms with van der Waals surface area (Å²) in [7, 11) is 0. The van der Waals surface area contributed by atoms with Gasteiger partial charge in [-0.2, -0.15) is 5.26 Å². The van der Waals surface area contributed by atoms with Gasteiger partial charge in [-0.05, 0) is 18.4 Å². The lowest BCUT2D eigenvalue weighted by Crippen LogP contribution is -2.50. The van der Waals surface area contributed by atoms with Gasteiger partial charge in [0.15, 0.2) is 0 Å². The quantitative estimate of drug-likeness (QED) is 0.809. The zero-order valence-electron chi connectivity index (χ0n) is 11.8. The highest BCUT2D eigenvalue weighted by Crippen LogP contribution is 2.09.